The zero-order valence-corrected chi connectivity index (χ0v) is 9.91. The molecule has 2 aromatic rings. The summed E-state index contributed by atoms with van der Waals surface area (Å²) in [6.07, 6.45) is 1.57. The molecule has 0 saturated carbocycles. The lowest BCUT2D eigenvalue weighted by molar-refractivity contribution is 0.0520. The van der Waals surface area contributed by atoms with E-state index in [-0.39, 0.29) is 11.3 Å². The summed E-state index contributed by atoms with van der Waals surface area (Å²) in [6.45, 7) is 2.07. The molecule has 0 atom stereocenters. The normalized spacial score (nSPS) is 10.2. The minimum Gasteiger partial charge on any atom is -0.461 e. The molecule has 0 saturated heterocycles. The van der Waals surface area contributed by atoms with Crippen LogP contribution in [-0.4, -0.2) is 22.5 Å². The predicted molar refractivity (Wildman–Crippen MR) is 64.1 cm³/mol. The topological polar surface area (TPSA) is 72.1 Å². The van der Waals surface area contributed by atoms with E-state index in [0.29, 0.717) is 11.6 Å². The maximum atomic E-state index is 11.4. The van der Waals surface area contributed by atoms with Gasteiger partial charge >= 0.3 is 5.97 Å². The van der Waals surface area contributed by atoms with Gasteiger partial charge in [0.15, 0.2) is 5.69 Å². The third-order valence-electron chi connectivity index (χ3n) is 2.02. The second-order valence-corrected chi connectivity index (χ2v) is 4.06. The molecule has 88 valence electrons. The van der Waals surface area contributed by atoms with Crippen molar-refractivity contribution in [3.8, 4) is 10.6 Å². The summed E-state index contributed by atoms with van der Waals surface area (Å²) in [5, 5.41) is 2.31. The van der Waals surface area contributed by atoms with E-state index in [9.17, 15) is 9.59 Å². The van der Waals surface area contributed by atoms with Gasteiger partial charge in [0, 0.05) is 23.2 Å². The van der Waals surface area contributed by atoms with Gasteiger partial charge in [-0.05, 0) is 13.0 Å². The summed E-state index contributed by atoms with van der Waals surface area (Å²) in [7, 11) is 0. The standard InChI is InChI=1S/C11H10N2O3S/c1-2-16-11(15)8-6-17-10(13-8)7-3-4-9(14)12-5-7/h3-6H,2H2,1H3,(H,12,14). The second kappa shape index (κ2) is 4.92. The Bertz CT molecular complexity index is 568. The number of nitrogens with zero attached hydrogens (tertiary/aromatic N) is 1. The number of ether oxygens (including phenoxy) is 1. The number of carbonyl (C=O) groups excluding carboxylic acids is 1. The van der Waals surface area contributed by atoms with Crippen molar-refractivity contribution in [3.63, 3.8) is 0 Å². The van der Waals surface area contributed by atoms with Crippen LogP contribution in [0.15, 0.2) is 28.5 Å². The van der Waals surface area contributed by atoms with Crippen LogP contribution in [0.5, 0.6) is 0 Å². The van der Waals surface area contributed by atoms with E-state index in [1.165, 1.54) is 17.4 Å². The van der Waals surface area contributed by atoms with Crippen LogP contribution in [0.4, 0.5) is 0 Å². The highest BCUT2D eigenvalue weighted by molar-refractivity contribution is 7.13. The summed E-state index contributed by atoms with van der Waals surface area (Å²) >= 11 is 1.33. The summed E-state index contributed by atoms with van der Waals surface area (Å²) < 4.78 is 4.84. The molecule has 0 radical (unpaired) electrons. The Morgan fingerprint density at radius 1 is 1.53 bits per heavy atom. The Kier molecular flexibility index (Phi) is 3.34. The molecule has 0 fully saturated rings. The van der Waals surface area contributed by atoms with Gasteiger partial charge in [-0.1, -0.05) is 0 Å². The summed E-state index contributed by atoms with van der Waals surface area (Å²) in [5.74, 6) is -0.431. The number of aromatic nitrogens is 2. The average Bonchev–Trinajstić information content (AvgIpc) is 2.80. The Balaban J connectivity index is 2.26. The van der Waals surface area contributed by atoms with Gasteiger partial charge in [0.1, 0.15) is 5.01 Å². The summed E-state index contributed by atoms with van der Waals surface area (Å²) in [5.41, 5.74) is 0.888. The first-order valence-electron chi connectivity index (χ1n) is 5.02. The highest BCUT2D eigenvalue weighted by Gasteiger charge is 2.12. The Hall–Kier alpha value is -1.95. The maximum Gasteiger partial charge on any atom is 0.357 e. The van der Waals surface area contributed by atoms with E-state index in [4.69, 9.17) is 4.74 Å². The van der Waals surface area contributed by atoms with E-state index in [2.05, 4.69) is 9.97 Å². The monoisotopic (exact) mass is 250 g/mol. The van der Waals surface area contributed by atoms with Crippen molar-refractivity contribution in [3.05, 3.63) is 39.8 Å². The molecule has 17 heavy (non-hydrogen) atoms. The molecule has 0 amide bonds. The third kappa shape index (κ3) is 2.59. The van der Waals surface area contributed by atoms with Gasteiger partial charge in [-0.25, -0.2) is 9.78 Å². The molecule has 2 heterocycles. The first-order chi connectivity index (χ1) is 8.20. The molecule has 0 bridgehead atoms. The molecule has 5 nitrogen and oxygen atoms in total. The molecule has 0 spiro atoms. The second-order valence-electron chi connectivity index (χ2n) is 3.20. The molecule has 2 aromatic heterocycles. The molecule has 0 unspecified atom stereocenters. The van der Waals surface area contributed by atoms with E-state index >= 15 is 0 Å². The van der Waals surface area contributed by atoms with Gasteiger partial charge in [-0.2, -0.15) is 0 Å². The molecule has 1 N–H and O–H groups in total. The summed E-state index contributed by atoms with van der Waals surface area (Å²) in [4.78, 5) is 29.0. The van der Waals surface area contributed by atoms with Crippen LogP contribution in [-0.2, 0) is 4.74 Å². The van der Waals surface area contributed by atoms with E-state index in [1.807, 2.05) is 0 Å². The number of hydrogen-bond acceptors (Lipinski definition) is 5. The van der Waals surface area contributed by atoms with Gasteiger partial charge in [-0.15, -0.1) is 11.3 Å². The molecule has 2 rings (SSSR count). The van der Waals surface area contributed by atoms with Gasteiger partial charge in [-0.3, -0.25) is 4.79 Å². The zero-order chi connectivity index (χ0) is 12.3. The SMILES string of the molecule is CCOC(=O)c1csc(-c2ccc(=O)[nH]c2)n1. The van der Waals surface area contributed by atoms with Crippen molar-refractivity contribution in [1.29, 1.82) is 0 Å². The highest BCUT2D eigenvalue weighted by Crippen LogP contribution is 2.22. The summed E-state index contributed by atoms with van der Waals surface area (Å²) in [6, 6.07) is 3.08. The lowest BCUT2D eigenvalue weighted by Crippen LogP contribution is -2.05. The fourth-order valence-corrected chi connectivity index (χ4v) is 2.04. The van der Waals surface area contributed by atoms with Crippen LogP contribution >= 0.6 is 11.3 Å². The number of rotatable bonds is 3. The van der Waals surface area contributed by atoms with Crippen molar-refractivity contribution >= 4 is 17.3 Å². The Morgan fingerprint density at radius 2 is 2.35 bits per heavy atom. The van der Waals surface area contributed by atoms with Crippen LogP contribution in [0.25, 0.3) is 10.6 Å². The molecular formula is C11H10N2O3S. The van der Waals surface area contributed by atoms with Crippen LogP contribution in [0.1, 0.15) is 17.4 Å². The van der Waals surface area contributed by atoms with Crippen molar-refractivity contribution in [2.75, 3.05) is 6.61 Å². The predicted octanol–water partition coefficient (Wildman–Crippen LogP) is 1.68. The van der Waals surface area contributed by atoms with Crippen molar-refractivity contribution in [2.45, 2.75) is 6.92 Å². The largest absolute Gasteiger partial charge is 0.461 e. The fraction of sp³-hybridized carbons (Fsp3) is 0.182. The number of thiazole rings is 1. The fourth-order valence-electron chi connectivity index (χ4n) is 1.25. The van der Waals surface area contributed by atoms with Crippen molar-refractivity contribution in [2.24, 2.45) is 0 Å². The maximum absolute atomic E-state index is 11.4. The molecule has 0 aliphatic carbocycles. The van der Waals surface area contributed by atoms with Gasteiger partial charge in [0.05, 0.1) is 6.61 Å². The Morgan fingerprint density at radius 3 is 3.00 bits per heavy atom. The van der Waals surface area contributed by atoms with Crippen LogP contribution in [0.3, 0.4) is 0 Å². The van der Waals surface area contributed by atoms with Crippen LogP contribution < -0.4 is 5.56 Å². The first-order valence-corrected chi connectivity index (χ1v) is 5.90. The minimum absolute atomic E-state index is 0.170. The molecule has 6 heteroatoms. The van der Waals surface area contributed by atoms with E-state index < -0.39 is 5.97 Å². The van der Waals surface area contributed by atoms with Crippen molar-refractivity contribution < 1.29 is 9.53 Å². The number of carbonyl (C=O) groups is 1. The number of pyridine rings is 1. The number of H-pyrrole nitrogens is 1. The first kappa shape index (κ1) is 11.5. The van der Waals surface area contributed by atoms with E-state index in [1.54, 1.807) is 24.6 Å². The highest BCUT2D eigenvalue weighted by atomic mass is 32.1. The number of esters is 1. The van der Waals surface area contributed by atoms with Gasteiger partial charge in [0.25, 0.3) is 0 Å². The molecule has 0 aliphatic heterocycles. The average molecular weight is 250 g/mol. The molecular weight excluding hydrogens is 240 g/mol. The lowest BCUT2D eigenvalue weighted by Gasteiger charge is -1.96. The number of aromatic amines is 1. The third-order valence-corrected chi connectivity index (χ3v) is 2.91. The van der Waals surface area contributed by atoms with Crippen LogP contribution in [0.2, 0.25) is 0 Å². The van der Waals surface area contributed by atoms with Crippen LogP contribution in [0, 0.1) is 0 Å². The van der Waals surface area contributed by atoms with Crippen molar-refractivity contribution in [1.82, 2.24) is 9.97 Å². The lowest BCUT2D eigenvalue weighted by atomic mass is 10.3. The smallest absolute Gasteiger partial charge is 0.357 e. The molecule has 0 aromatic carbocycles. The zero-order valence-electron chi connectivity index (χ0n) is 9.10. The van der Waals surface area contributed by atoms with Gasteiger partial charge < -0.3 is 9.72 Å². The molecule has 0 aliphatic rings. The minimum atomic E-state index is -0.431. The quantitative estimate of drug-likeness (QED) is 0.841. The number of hydrogen-bond donors (Lipinski definition) is 1. The van der Waals surface area contributed by atoms with E-state index in [0.717, 1.165) is 5.56 Å². The number of nitrogens with one attached hydrogen (secondary N) is 1. The van der Waals surface area contributed by atoms with Gasteiger partial charge in [0.2, 0.25) is 5.56 Å². The Labute approximate surface area is 101 Å².